The van der Waals surface area contributed by atoms with Gasteiger partial charge < -0.3 is 5.32 Å². The van der Waals surface area contributed by atoms with Crippen molar-refractivity contribution < 1.29 is 18.0 Å². The van der Waals surface area contributed by atoms with Crippen LogP contribution in [0.5, 0.6) is 0 Å². The molecule has 112 valence electrons. The van der Waals surface area contributed by atoms with Crippen molar-refractivity contribution in [2.45, 2.75) is 26.6 Å². The number of hydrogen-bond donors (Lipinski definition) is 1. The quantitative estimate of drug-likeness (QED) is 0.898. The van der Waals surface area contributed by atoms with Gasteiger partial charge in [-0.2, -0.15) is 13.2 Å². The predicted octanol–water partition coefficient (Wildman–Crippen LogP) is 4.31. The van der Waals surface area contributed by atoms with Gasteiger partial charge >= 0.3 is 6.18 Å². The van der Waals surface area contributed by atoms with E-state index in [1.807, 2.05) is 19.2 Å². The Labute approximate surface area is 124 Å². The Morgan fingerprint density at radius 2 is 1.81 bits per heavy atom. The van der Waals surface area contributed by atoms with Gasteiger partial charge in [0.15, 0.2) is 0 Å². The van der Waals surface area contributed by atoms with Gasteiger partial charge in [-0.25, -0.2) is 0 Å². The average molecular weight is 313 g/mol. The summed E-state index contributed by atoms with van der Waals surface area (Å²) < 4.78 is 37.3. The third-order valence-corrected chi connectivity index (χ3v) is 4.36. The minimum absolute atomic E-state index is 0.215. The van der Waals surface area contributed by atoms with Crippen LogP contribution in [0.1, 0.15) is 31.9 Å². The van der Waals surface area contributed by atoms with Gasteiger partial charge in [-0.1, -0.05) is 0 Å². The Morgan fingerprint density at radius 3 is 2.29 bits per heavy atom. The van der Waals surface area contributed by atoms with E-state index in [9.17, 15) is 18.0 Å². The summed E-state index contributed by atoms with van der Waals surface area (Å²) in [7, 11) is 0. The highest BCUT2D eigenvalue weighted by molar-refractivity contribution is 7.10. The molecule has 0 radical (unpaired) electrons. The van der Waals surface area contributed by atoms with E-state index in [2.05, 4.69) is 5.32 Å². The lowest BCUT2D eigenvalue weighted by molar-refractivity contribution is -0.137. The lowest BCUT2D eigenvalue weighted by Gasteiger charge is -2.08. The molecule has 0 aliphatic carbocycles. The van der Waals surface area contributed by atoms with Crippen molar-refractivity contribution in [1.82, 2.24) is 5.32 Å². The van der Waals surface area contributed by atoms with E-state index < -0.39 is 11.7 Å². The molecule has 1 aromatic carbocycles. The second-order valence-electron chi connectivity index (χ2n) is 4.70. The fourth-order valence-electron chi connectivity index (χ4n) is 1.82. The minimum Gasteiger partial charge on any atom is -0.348 e. The molecule has 0 bridgehead atoms. The van der Waals surface area contributed by atoms with E-state index in [1.54, 1.807) is 11.3 Å². The molecule has 1 aromatic heterocycles. The van der Waals surface area contributed by atoms with Gasteiger partial charge in [-0.3, -0.25) is 4.79 Å². The number of aryl methyl sites for hydroxylation is 1. The molecule has 2 nitrogen and oxygen atoms in total. The third kappa shape index (κ3) is 3.64. The first-order chi connectivity index (χ1) is 9.79. The van der Waals surface area contributed by atoms with Crippen LogP contribution >= 0.6 is 11.3 Å². The zero-order valence-corrected chi connectivity index (χ0v) is 12.4. The van der Waals surface area contributed by atoms with E-state index in [0.717, 1.165) is 23.3 Å². The number of halogens is 3. The SMILES string of the molecule is Cc1scc(CNC(=O)c2ccc(C(F)(F)F)cc2)c1C. The summed E-state index contributed by atoms with van der Waals surface area (Å²) in [6.07, 6.45) is -4.39. The van der Waals surface area contributed by atoms with E-state index in [-0.39, 0.29) is 11.5 Å². The van der Waals surface area contributed by atoms with Crippen molar-refractivity contribution in [2.75, 3.05) is 0 Å². The lowest BCUT2D eigenvalue weighted by Crippen LogP contribution is -2.23. The molecule has 0 unspecified atom stereocenters. The first kappa shape index (κ1) is 15.6. The molecule has 0 saturated heterocycles. The second kappa shape index (κ2) is 5.89. The van der Waals surface area contributed by atoms with Crippen molar-refractivity contribution in [3.05, 3.63) is 56.8 Å². The van der Waals surface area contributed by atoms with Gasteiger partial charge in [-0.15, -0.1) is 11.3 Å². The molecule has 0 fully saturated rings. The zero-order chi connectivity index (χ0) is 15.6. The van der Waals surface area contributed by atoms with Gasteiger partial charge in [0.2, 0.25) is 0 Å². The first-order valence-corrected chi connectivity index (χ1v) is 7.16. The molecule has 0 aliphatic heterocycles. The second-order valence-corrected chi connectivity index (χ2v) is 5.78. The molecule has 2 rings (SSSR count). The van der Waals surface area contributed by atoms with Crippen LogP contribution in [-0.4, -0.2) is 5.91 Å². The fraction of sp³-hybridized carbons (Fsp3) is 0.267. The van der Waals surface area contributed by atoms with Gasteiger partial charge in [0.05, 0.1) is 5.56 Å². The summed E-state index contributed by atoms with van der Waals surface area (Å²) in [5.41, 5.74) is 1.61. The lowest BCUT2D eigenvalue weighted by atomic mass is 10.1. The predicted molar refractivity (Wildman–Crippen MR) is 76.4 cm³/mol. The molecule has 0 atom stereocenters. The number of alkyl halides is 3. The molecule has 0 aliphatic rings. The van der Waals surface area contributed by atoms with Gasteiger partial charge in [0.1, 0.15) is 0 Å². The number of carbonyl (C=O) groups excluding carboxylic acids is 1. The number of carbonyl (C=O) groups is 1. The Kier molecular flexibility index (Phi) is 4.37. The normalized spacial score (nSPS) is 11.5. The number of thiophene rings is 1. The number of nitrogens with one attached hydrogen (secondary N) is 1. The maximum atomic E-state index is 12.4. The maximum Gasteiger partial charge on any atom is 0.416 e. The molecule has 2 aromatic rings. The fourth-order valence-corrected chi connectivity index (χ4v) is 2.71. The van der Waals surface area contributed by atoms with Crippen LogP contribution in [0.4, 0.5) is 13.2 Å². The van der Waals surface area contributed by atoms with Crippen molar-refractivity contribution in [1.29, 1.82) is 0 Å². The monoisotopic (exact) mass is 313 g/mol. The van der Waals surface area contributed by atoms with E-state index in [1.165, 1.54) is 17.0 Å². The summed E-state index contributed by atoms with van der Waals surface area (Å²) >= 11 is 1.61. The van der Waals surface area contributed by atoms with E-state index >= 15 is 0 Å². The van der Waals surface area contributed by atoms with Gasteiger partial charge in [0, 0.05) is 17.0 Å². The largest absolute Gasteiger partial charge is 0.416 e. The highest BCUT2D eigenvalue weighted by atomic mass is 32.1. The van der Waals surface area contributed by atoms with Gasteiger partial charge in [-0.05, 0) is 54.6 Å². The summed E-state index contributed by atoms with van der Waals surface area (Å²) in [6.45, 7) is 4.35. The molecular weight excluding hydrogens is 299 g/mol. The third-order valence-electron chi connectivity index (χ3n) is 3.30. The highest BCUT2D eigenvalue weighted by Crippen LogP contribution is 2.29. The Bertz CT molecular complexity index is 644. The maximum absolute atomic E-state index is 12.4. The van der Waals surface area contributed by atoms with Crippen molar-refractivity contribution >= 4 is 17.2 Å². The topological polar surface area (TPSA) is 29.1 Å². The first-order valence-electron chi connectivity index (χ1n) is 6.28. The Morgan fingerprint density at radius 1 is 1.19 bits per heavy atom. The Balaban J connectivity index is 2.02. The summed E-state index contributed by atoms with van der Waals surface area (Å²) in [6, 6.07) is 4.19. The number of rotatable bonds is 3. The minimum atomic E-state index is -4.39. The standard InChI is InChI=1S/C15H14F3NOS/c1-9-10(2)21-8-12(9)7-19-14(20)11-3-5-13(6-4-11)15(16,17)18/h3-6,8H,7H2,1-2H3,(H,19,20). The van der Waals surface area contributed by atoms with Crippen molar-refractivity contribution in [3.63, 3.8) is 0 Å². The van der Waals surface area contributed by atoms with Crippen molar-refractivity contribution in [3.8, 4) is 0 Å². The van der Waals surface area contributed by atoms with Crippen LogP contribution in [0.3, 0.4) is 0 Å². The molecule has 21 heavy (non-hydrogen) atoms. The van der Waals surface area contributed by atoms with E-state index in [0.29, 0.717) is 6.54 Å². The van der Waals surface area contributed by atoms with Crippen molar-refractivity contribution in [2.24, 2.45) is 0 Å². The van der Waals surface area contributed by atoms with Crippen LogP contribution in [0.2, 0.25) is 0 Å². The average Bonchev–Trinajstić information content (AvgIpc) is 2.75. The van der Waals surface area contributed by atoms with Crippen LogP contribution in [0.15, 0.2) is 29.6 Å². The molecular formula is C15H14F3NOS. The molecule has 0 saturated carbocycles. The van der Waals surface area contributed by atoms with Crippen LogP contribution in [-0.2, 0) is 12.7 Å². The zero-order valence-electron chi connectivity index (χ0n) is 11.5. The van der Waals surface area contributed by atoms with Crippen LogP contribution in [0.25, 0.3) is 0 Å². The molecule has 0 spiro atoms. The number of hydrogen-bond acceptors (Lipinski definition) is 2. The Hall–Kier alpha value is -1.82. The smallest absolute Gasteiger partial charge is 0.348 e. The van der Waals surface area contributed by atoms with Gasteiger partial charge in [0.25, 0.3) is 5.91 Å². The highest BCUT2D eigenvalue weighted by Gasteiger charge is 2.30. The molecule has 1 amide bonds. The number of benzene rings is 1. The summed E-state index contributed by atoms with van der Waals surface area (Å²) in [5.74, 6) is -0.382. The van der Waals surface area contributed by atoms with E-state index in [4.69, 9.17) is 0 Å². The van der Waals surface area contributed by atoms with Crippen LogP contribution < -0.4 is 5.32 Å². The number of amides is 1. The molecule has 1 N–H and O–H groups in total. The summed E-state index contributed by atoms with van der Waals surface area (Å²) in [5, 5.41) is 4.68. The molecule has 1 heterocycles. The van der Waals surface area contributed by atoms with Crippen LogP contribution in [0, 0.1) is 13.8 Å². The molecule has 6 heteroatoms. The summed E-state index contributed by atoms with van der Waals surface area (Å²) in [4.78, 5) is 13.1.